The second-order valence-corrected chi connectivity index (χ2v) is 4.64. The van der Waals surface area contributed by atoms with Gasteiger partial charge in [-0.1, -0.05) is 18.2 Å². The van der Waals surface area contributed by atoms with Gasteiger partial charge < -0.3 is 5.32 Å². The zero-order valence-electron chi connectivity index (χ0n) is 9.26. The van der Waals surface area contributed by atoms with Gasteiger partial charge in [-0.05, 0) is 33.8 Å². The number of nitrogens with one attached hydrogen (secondary N) is 1. The van der Waals surface area contributed by atoms with Crippen LogP contribution in [0, 0.1) is 5.82 Å². The fourth-order valence-corrected chi connectivity index (χ4v) is 1.55. The van der Waals surface area contributed by atoms with Crippen LogP contribution in [0.15, 0.2) is 24.3 Å². The highest BCUT2D eigenvalue weighted by Gasteiger charge is 2.16. The van der Waals surface area contributed by atoms with Crippen molar-refractivity contribution in [1.82, 2.24) is 5.32 Å². The Kier molecular flexibility index (Phi) is 3.27. The smallest absolute Gasteiger partial charge is 0.127 e. The minimum Gasteiger partial charge on any atom is -0.305 e. The first-order chi connectivity index (χ1) is 6.40. The minimum atomic E-state index is -0.142. The molecule has 1 N–H and O–H groups in total. The third-order valence-corrected chi connectivity index (χ3v) is 2.02. The molecule has 1 aromatic rings. The molecule has 1 atom stereocenters. The molecule has 2 heteroatoms. The number of halogens is 1. The summed E-state index contributed by atoms with van der Waals surface area (Å²) in [6.45, 7) is 8.20. The summed E-state index contributed by atoms with van der Waals surface area (Å²) in [5.41, 5.74) is 0.726. The van der Waals surface area contributed by atoms with Crippen molar-refractivity contribution < 1.29 is 4.39 Å². The van der Waals surface area contributed by atoms with Gasteiger partial charge in [-0.15, -0.1) is 0 Å². The van der Waals surface area contributed by atoms with E-state index in [1.165, 1.54) is 6.07 Å². The molecule has 0 aliphatic rings. The Morgan fingerprint density at radius 1 is 1.21 bits per heavy atom. The molecule has 0 radical (unpaired) electrons. The van der Waals surface area contributed by atoms with Crippen LogP contribution in [0.3, 0.4) is 0 Å². The first kappa shape index (κ1) is 11.2. The Balaban J connectivity index is 2.80. The van der Waals surface area contributed by atoms with Gasteiger partial charge in [0.1, 0.15) is 5.82 Å². The molecule has 0 amide bonds. The average Bonchev–Trinajstić information content (AvgIpc) is 2.01. The van der Waals surface area contributed by atoms with Crippen LogP contribution < -0.4 is 5.32 Å². The van der Waals surface area contributed by atoms with Gasteiger partial charge in [0.05, 0.1) is 0 Å². The van der Waals surface area contributed by atoms with Crippen LogP contribution >= 0.6 is 0 Å². The van der Waals surface area contributed by atoms with Crippen molar-refractivity contribution in [2.45, 2.75) is 39.3 Å². The third kappa shape index (κ3) is 3.11. The van der Waals surface area contributed by atoms with Crippen LogP contribution in [0.4, 0.5) is 4.39 Å². The molecule has 0 bridgehead atoms. The van der Waals surface area contributed by atoms with Crippen molar-refractivity contribution in [2.75, 3.05) is 0 Å². The molecular weight excluding hydrogens is 177 g/mol. The van der Waals surface area contributed by atoms with Gasteiger partial charge in [0.25, 0.3) is 0 Å². The molecule has 0 fully saturated rings. The zero-order valence-corrected chi connectivity index (χ0v) is 9.26. The maximum Gasteiger partial charge on any atom is 0.127 e. The summed E-state index contributed by atoms with van der Waals surface area (Å²) >= 11 is 0. The van der Waals surface area contributed by atoms with Gasteiger partial charge in [0.15, 0.2) is 0 Å². The highest BCUT2D eigenvalue weighted by molar-refractivity contribution is 5.20. The van der Waals surface area contributed by atoms with Gasteiger partial charge in [-0.25, -0.2) is 4.39 Å². The van der Waals surface area contributed by atoms with E-state index in [9.17, 15) is 4.39 Å². The molecule has 0 aromatic heterocycles. The molecule has 1 rings (SSSR count). The van der Waals surface area contributed by atoms with E-state index in [0.29, 0.717) is 0 Å². The summed E-state index contributed by atoms with van der Waals surface area (Å²) in [5, 5.41) is 3.34. The Hall–Kier alpha value is -0.890. The molecule has 14 heavy (non-hydrogen) atoms. The van der Waals surface area contributed by atoms with E-state index in [1.807, 2.05) is 19.1 Å². The van der Waals surface area contributed by atoms with Crippen LogP contribution in [0.25, 0.3) is 0 Å². The van der Waals surface area contributed by atoms with Crippen LogP contribution in [0.1, 0.15) is 39.3 Å². The van der Waals surface area contributed by atoms with E-state index in [-0.39, 0.29) is 17.4 Å². The number of rotatable bonds is 2. The monoisotopic (exact) mass is 195 g/mol. The van der Waals surface area contributed by atoms with Gasteiger partial charge >= 0.3 is 0 Å². The fraction of sp³-hybridized carbons (Fsp3) is 0.500. The molecule has 0 aliphatic heterocycles. The summed E-state index contributed by atoms with van der Waals surface area (Å²) in [5.74, 6) is -0.142. The average molecular weight is 195 g/mol. The Labute approximate surface area is 85.3 Å². The minimum absolute atomic E-state index is 0.00168. The number of hydrogen-bond donors (Lipinski definition) is 1. The molecule has 0 saturated heterocycles. The Morgan fingerprint density at radius 3 is 2.29 bits per heavy atom. The predicted octanol–water partition coefficient (Wildman–Crippen LogP) is 3.27. The van der Waals surface area contributed by atoms with Crippen LogP contribution in [-0.2, 0) is 0 Å². The van der Waals surface area contributed by atoms with E-state index in [2.05, 4.69) is 26.1 Å². The van der Waals surface area contributed by atoms with Crippen LogP contribution in [0.2, 0.25) is 0 Å². The molecule has 1 aromatic carbocycles. The summed E-state index contributed by atoms with van der Waals surface area (Å²) in [6, 6.07) is 6.92. The first-order valence-corrected chi connectivity index (χ1v) is 4.92. The first-order valence-electron chi connectivity index (χ1n) is 4.92. The summed E-state index contributed by atoms with van der Waals surface area (Å²) in [4.78, 5) is 0. The lowest BCUT2D eigenvalue weighted by atomic mass is 10.0. The van der Waals surface area contributed by atoms with Crippen molar-refractivity contribution in [3.8, 4) is 0 Å². The Morgan fingerprint density at radius 2 is 1.79 bits per heavy atom. The molecule has 78 valence electrons. The van der Waals surface area contributed by atoms with E-state index >= 15 is 0 Å². The number of hydrogen-bond acceptors (Lipinski definition) is 1. The van der Waals surface area contributed by atoms with Crippen LogP contribution in [-0.4, -0.2) is 5.54 Å². The van der Waals surface area contributed by atoms with Crippen molar-refractivity contribution >= 4 is 0 Å². The number of benzene rings is 1. The quantitative estimate of drug-likeness (QED) is 0.763. The summed E-state index contributed by atoms with van der Waals surface area (Å²) < 4.78 is 13.4. The van der Waals surface area contributed by atoms with Gasteiger partial charge in [-0.2, -0.15) is 0 Å². The second-order valence-electron chi connectivity index (χ2n) is 4.64. The highest BCUT2D eigenvalue weighted by Crippen LogP contribution is 2.18. The molecular formula is C12H18FN. The molecule has 0 aliphatic carbocycles. The molecule has 0 saturated carbocycles. The molecule has 0 heterocycles. The summed E-state index contributed by atoms with van der Waals surface area (Å²) in [7, 11) is 0. The maximum atomic E-state index is 13.4. The van der Waals surface area contributed by atoms with Gasteiger partial charge in [-0.3, -0.25) is 0 Å². The SMILES string of the molecule is C[C@H](NC(C)(C)C)c1ccccc1F. The lowest BCUT2D eigenvalue weighted by molar-refractivity contribution is 0.371. The summed E-state index contributed by atoms with van der Waals surface area (Å²) in [6.07, 6.45) is 0. The third-order valence-electron chi connectivity index (χ3n) is 2.02. The Bertz CT molecular complexity index is 301. The molecule has 0 unspecified atom stereocenters. The second kappa shape index (κ2) is 4.09. The van der Waals surface area contributed by atoms with E-state index < -0.39 is 0 Å². The van der Waals surface area contributed by atoms with Crippen molar-refractivity contribution in [3.05, 3.63) is 35.6 Å². The highest BCUT2D eigenvalue weighted by atomic mass is 19.1. The zero-order chi connectivity index (χ0) is 10.8. The van der Waals surface area contributed by atoms with Gasteiger partial charge in [0.2, 0.25) is 0 Å². The van der Waals surface area contributed by atoms with Crippen molar-refractivity contribution in [1.29, 1.82) is 0 Å². The van der Waals surface area contributed by atoms with Gasteiger partial charge in [0, 0.05) is 17.1 Å². The van der Waals surface area contributed by atoms with Crippen molar-refractivity contribution in [2.24, 2.45) is 0 Å². The predicted molar refractivity (Wildman–Crippen MR) is 57.7 cm³/mol. The fourth-order valence-electron chi connectivity index (χ4n) is 1.55. The lowest BCUT2D eigenvalue weighted by Gasteiger charge is -2.26. The standard InChI is InChI=1S/C12H18FN/c1-9(14-12(2,3)4)10-7-5-6-8-11(10)13/h5-9,14H,1-4H3/t9-/m0/s1. The largest absolute Gasteiger partial charge is 0.305 e. The topological polar surface area (TPSA) is 12.0 Å². The normalized spacial score (nSPS) is 14.1. The van der Waals surface area contributed by atoms with Crippen LogP contribution in [0.5, 0.6) is 0 Å². The van der Waals surface area contributed by atoms with E-state index in [4.69, 9.17) is 0 Å². The van der Waals surface area contributed by atoms with Crippen molar-refractivity contribution in [3.63, 3.8) is 0 Å². The molecule has 1 nitrogen and oxygen atoms in total. The lowest BCUT2D eigenvalue weighted by Crippen LogP contribution is -2.37. The maximum absolute atomic E-state index is 13.4. The van der Waals surface area contributed by atoms with E-state index in [1.54, 1.807) is 6.07 Å². The van der Waals surface area contributed by atoms with E-state index in [0.717, 1.165) is 5.56 Å². The molecule has 0 spiro atoms.